The van der Waals surface area contributed by atoms with Gasteiger partial charge in [0.25, 0.3) is 0 Å². The predicted octanol–water partition coefficient (Wildman–Crippen LogP) is 4.51. The summed E-state index contributed by atoms with van der Waals surface area (Å²) in [6, 6.07) is 14.3. The number of aromatic nitrogens is 2. The molecular formula is C20H18N2O4S3. The zero-order valence-corrected chi connectivity index (χ0v) is 18.2. The van der Waals surface area contributed by atoms with Gasteiger partial charge in [-0.3, -0.25) is 9.59 Å². The van der Waals surface area contributed by atoms with Crippen molar-refractivity contribution in [3.05, 3.63) is 59.7 Å². The molecule has 3 rings (SSSR count). The lowest BCUT2D eigenvalue weighted by molar-refractivity contribution is 0.101. The fraction of sp³-hybridized carbons (Fsp3) is 0.200. The van der Waals surface area contributed by atoms with Gasteiger partial charge >= 0.3 is 0 Å². The Balaban J connectivity index is 1.54. The molecule has 150 valence electrons. The number of methoxy groups -OCH3 is 2. The number of Topliss-reactive ketones (excluding diaryl/α,β-unsaturated/α-hetero) is 2. The lowest BCUT2D eigenvalue weighted by atomic mass is 10.1. The molecule has 6 nitrogen and oxygen atoms in total. The van der Waals surface area contributed by atoms with Gasteiger partial charge < -0.3 is 9.47 Å². The molecule has 0 saturated heterocycles. The van der Waals surface area contributed by atoms with Crippen LogP contribution in [0.2, 0.25) is 0 Å². The minimum atomic E-state index is -0.0387. The monoisotopic (exact) mass is 446 g/mol. The maximum Gasteiger partial charge on any atom is 0.176 e. The Bertz CT molecular complexity index is 929. The quantitative estimate of drug-likeness (QED) is 0.333. The predicted molar refractivity (Wildman–Crippen MR) is 116 cm³/mol. The number of carbonyl (C=O) groups is 2. The van der Waals surface area contributed by atoms with Gasteiger partial charge in [-0.2, -0.15) is 0 Å². The summed E-state index contributed by atoms with van der Waals surface area (Å²) in [4.78, 5) is 24.9. The molecule has 0 bridgehead atoms. The Morgan fingerprint density at radius 1 is 0.793 bits per heavy atom. The van der Waals surface area contributed by atoms with Crippen LogP contribution < -0.4 is 9.47 Å². The molecule has 0 spiro atoms. The Hall–Kier alpha value is -2.36. The number of hydrogen-bond acceptors (Lipinski definition) is 9. The second-order valence-corrected chi connectivity index (χ2v) is 9.08. The lowest BCUT2D eigenvalue weighted by Crippen LogP contribution is -2.04. The molecule has 0 aliphatic rings. The summed E-state index contributed by atoms with van der Waals surface area (Å²) in [5, 5.41) is 8.20. The summed E-state index contributed by atoms with van der Waals surface area (Å²) in [6.45, 7) is 0. The standard InChI is InChI=1S/C20H18N2O4S3/c1-25-17-9-5-3-7-13(17)15(23)11-27-19-21-22-20(29-19)28-12-16(24)14-8-4-6-10-18(14)26-2/h3-10H,11-12H2,1-2H3. The number of para-hydroxylation sites is 2. The zero-order chi connectivity index (χ0) is 20.6. The number of benzene rings is 2. The van der Waals surface area contributed by atoms with E-state index in [0.717, 1.165) is 0 Å². The third kappa shape index (κ3) is 5.59. The van der Waals surface area contributed by atoms with E-state index in [1.54, 1.807) is 50.6 Å². The molecule has 0 aliphatic heterocycles. The number of carbonyl (C=O) groups excluding carboxylic acids is 2. The van der Waals surface area contributed by atoms with Crippen molar-refractivity contribution >= 4 is 46.4 Å². The zero-order valence-electron chi connectivity index (χ0n) is 15.8. The Morgan fingerprint density at radius 2 is 1.21 bits per heavy atom. The molecule has 0 radical (unpaired) electrons. The molecule has 0 amide bonds. The van der Waals surface area contributed by atoms with Crippen LogP contribution in [-0.2, 0) is 0 Å². The fourth-order valence-electron chi connectivity index (χ4n) is 2.47. The van der Waals surface area contributed by atoms with Gasteiger partial charge in [0.05, 0.1) is 36.9 Å². The van der Waals surface area contributed by atoms with Crippen LogP contribution in [-0.4, -0.2) is 47.5 Å². The minimum absolute atomic E-state index is 0.0387. The van der Waals surface area contributed by atoms with Gasteiger partial charge in [0.1, 0.15) is 11.5 Å². The highest BCUT2D eigenvalue weighted by molar-refractivity contribution is 8.03. The molecule has 0 atom stereocenters. The van der Waals surface area contributed by atoms with Crippen molar-refractivity contribution < 1.29 is 19.1 Å². The van der Waals surface area contributed by atoms with Crippen molar-refractivity contribution in [1.29, 1.82) is 0 Å². The largest absolute Gasteiger partial charge is 0.496 e. The van der Waals surface area contributed by atoms with Crippen molar-refractivity contribution in [1.82, 2.24) is 10.2 Å². The van der Waals surface area contributed by atoms with E-state index in [9.17, 15) is 9.59 Å². The maximum atomic E-state index is 12.4. The van der Waals surface area contributed by atoms with Crippen molar-refractivity contribution in [2.24, 2.45) is 0 Å². The summed E-state index contributed by atoms with van der Waals surface area (Å²) in [5.41, 5.74) is 1.09. The summed E-state index contributed by atoms with van der Waals surface area (Å²) in [7, 11) is 3.08. The third-order valence-corrected chi connectivity index (χ3v) is 7.05. The van der Waals surface area contributed by atoms with Crippen LogP contribution in [0.3, 0.4) is 0 Å². The molecule has 3 aromatic rings. The van der Waals surface area contributed by atoms with Gasteiger partial charge in [0, 0.05) is 0 Å². The molecule has 0 unspecified atom stereocenters. The molecule has 0 N–H and O–H groups in total. The molecule has 9 heteroatoms. The molecule has 0 saturated carbocycles. The van der Waals surface area contributed by atoms with E-state index in [-0.39, 0.29) is 23.1 Å². The van der Waals surface area contributed by atoms with Gasteiger partial charge in [-0.1, -0.05) is 59.1 Å². The highest BCUT2D eigenvalue weighted by Gasteiger charge is 2.16. The molecule has 0 fully saturated rings. The number of ketones is 2. The average molecular weight is 447 g/mol. The van der Waals surface area contributed by atoms with E-state index in [2.05, 4.69) is 10.2 Å². The topological polar surface area (TPSA) is 78.4 Å². The van der Waals surface area contributed by atoms with Crippen LogP contribution >= 0.6 is 34.9 Å². The number of rotatable bonds is 10. The Labute approximate surface area is 181 Å². The van der Waals surface area contributed by atoms with Gasteiger partial charge in [0.15, 0.2) is 20.2 Å². The first-order valence-corrected chi connectivity index (χ1v) is 11.3. The van der Waals surface area contributed by atoms with Crippen molar-refractivity contribution in [3.63, 3.8) is 0 Å². The van der Waals surface area contributed by atoms with Gasteiger partial charge in [-0.15, -0.1) is 10.2 Å². The SMILES string of the molecule is COc1ccccc1C(=O)CSc1nnc(SCC(=O)c2ccccc2OC)s1. The Kier molecular flexibility index (Phi) is 7.68. The van der Waals surface area contributed by atoms with Crippen LogP contribution in [0.15, 0.2) is 57.2 Å². The highest BCUT2D eigenvalue weighted by atomic mass is 32.2. The molecule has 2 aromatic carbocycles. The molecule has 0 aliphatic carbocycles. The van der Waals surface area contributed by atoms with Crippen LogP contribution in [0.5, 0.6) is 11.5 Å². The van der Waals surface area contributed by atoms with E-state index < -0.39 is 0 Å². The second-order valence-electron chi connectivity index (χ2n) is 5.66. The smallest absolute Gasteiger partial charge is 0.176 e. The van der Waals surface area contributed by atoms with Crippen molar-refractivity contribution in [3.8, 4) is 11.5 Å². The maximum absolute atomic E-state index is 12.4. The number of thioether (sulfide) groups is 2. The summed E-state index contributed by atoms with van der Waals surface area (Å²) >= 11 is 4.01. The summed E-state index contributed by atoms with van der Waals surface area (Å²) in [5.74, 6) is 1.51. The first-order chi connectivity index (χ1) is 14.1. The minimum Gasteiger partial charge on any atom is -0.496 e. The average Bonchev–Trinajstić information content (AvgIpc) is 3.23. The van der Waals surface area contributed by atoms with Gasteiger partial charge in [-0.05, 0) is 24.3 Å². The number of hydrogen-bond donors (Lipinski definition) is 0. The number of ether oxygens (including phenoxy) is 2. The first kappa shape index (κ1) is 21.4. The van der Waals surface area contributed by atoms with Crippen molar-refractivity contribution in [2.45, 2.75) is 8.68 Å². The fourth-order valence-corrected chi connectivity index (χ4v) is 5.26. The van der Waals surface area contributed by atoms with Gasteiger partial charge in [0.2, 0.25) is 0 Å². The van der Waals surface area contributed by atoms with E-state index in [4.69, 9.17) is 9.47 Å². The van der Waals surface area contributed by atoms with E-state index in [1.165, 1.54) is 34.9 Å². The Morgan fingerprint density at radius 3 is 1.62 bits per heavy atom. The van der Waals surface area contributed by atoms with Crippen LogP contribution in [0.25, 0.3) is 0 Å². The lowest BCUT2D eigenvalue weighted by Gasteiger charge is -2.06. The molecular weight excluding hydrogens is 428 g/mol. The molecule has 29 heavy (non-hydrogen) atoms. The second kappa shape index (κ2) is 10.4. The first-order valence-electron chi connectivity index (χ1n) is 8.54. The number of nitrogens with zero attached hydrogens (tertiary/aromatic N) is 2. The highest BCUT2D eigenvalue weighted by Crippen LogP contribution is 2.31. The summed E-state index contributed by atoms with van der Waals surface area (Å²) < 4.78 is 11.8. The normalized spacial score (nSPS) is 10.6. The molecule has 1 aromatic heterocycles. The third-order valence-electron chi connectivity index (χ3n) is 3.86. The van der Waals surface area contributed by atoms with E-state index in [1.807, 2.05) is 12.1 Å². The van der Waals surface area contributed by atoms with Crippen LogP contribution in [0, 0.1) is 0 Å². The van der Waals surface area contributed by atoms with E-state index in [0.29, 0.717) is 31.3 Å². The van der Waals surface area contributed by atoms with E-state index >= 15 is 0 Å². The van der Waals surface area contributed by atoms with Crippen molar-refractivity contribution in [2.75, 3.05) is 25.7 Å². The summed E-state index contributed by atoms with van der Waals surface area (Å²) in [6.07, 6.45) is 0. The molecule has 1 heterocycles. The van der Waals surface area contributed by atoms with Gasteiger partial charge in [-0.25, -0.2) is 0 Å². The van der Waals surface area contributed by atoms with Crippen LogP contribution in [0.1, 0.15) is 20.7 Å². The van der Waals surface area contributed by atoms with Crippen LogP contribution in [0.4, 0.5) is 0 Å².